The number of phosphoric ester groups is 1. The number of nitrogens with zero attached hydrogens (tertiary/aromatic N) is 3. The number of aliphatic hydroxyl groups excluding tert-OH is 1. The molecule has 0 aliphatic carbocycles. The normalized spacial score (nSPS) is 26.5. The highest BCUT2D eigenvalue weighted by atomic mass is 32.2. The number of fused-ring (bicyclic) bond motifs is 2. The zero-order chi connectivity index (χ0) is 27.9. The Morgan fingerprint density at radius 3 is 2.97 bits per heavy atom. The molecule has 0 bridgehead atoms. The highest BCUT2D eigenvalue weighted by molar-refractivity contribution is 7.99. The molecule has 19 heteroatoms. The molecular weight excluding hydrogens is 558 g/mol. The van der Waals surface area contributed by atoms with Gasteiger partial charge in [0.2, 0.25) is 11.9 Å². The van der Waals surface area contributed by atoms with E-state index in [1.54, 1.807) is 12.1 Å². The van der Waals surface area contributed by atoms with Crippen LogP contribution >= 0.6 is 19.6 Å². The van der Waals surface area contributed by atoms with Crippen LogP contribution in [0.1, 0.15) is 20.5 Å². The summed E-state index contributed by atoms with van der Waals surface area (Å²) in [5, 5.41) is 32.4. The molecule has 2 fully saturated rings. The lowest BCUT2D eigenvalue weighted by molar-refractivity contribution is -0.245. The molecular formula is C20H24BN6O10PS. The van der Waals surface area contributed by atoms with Gasteiger partial charge < -0.3 is 44.9 Å². The Hall–Kier alpha value is -2.80. The maximum absolute atomic E-state index is 12.5. The molecule has 39 heavy (non-hydrogen) atoms. The third kappa shape index (κ3) is 5.89. The van der Waals surface area contributed by atoms with E-state index in [1.165, 1.54) is 16.7 Å². The molecule has 2 aromatic heterocycles. The van der Waals surface area contributed by atoms with Crippen LogP contribution in [0.25, 0.3) is 11.2 Å². The number of nitrogens with two attached hydrogens (primary N) is 1. The minimum Gasteiger partial charge on any atom is -0.756 e. The number of aromatic nitrogens is 4. The molecule has 208 valence electrons. The predicted octanol–water partition coefficient (Wildman–Crippen LogP) is -1.85. The molecule has 2 saturated heterocycles. The van der Waals surface area contributed by atoms with Gasteiger partial charge in [0, 0.05) is 17.9 Å². The lowest BCUT2D eigenvalue weighted by Crippen LogP contribution is -2.41. The molecule has 0 saturated carbocycles. The number of imidazole rings is 1. The average molecular weight is 582 g/mol. The maximum Gasteiger partial charge on any atom is 1.00 e. The van der Waals surface area contributed by atoms with Crippen molar-refractivity contribution in [1.29, 1.82) is 0 Å². The molecule has 0 radical (unpaired) electrons. The topological polar surface area (TPSA) is 247 Å². The first-order valence-electron chi connectivity index (χ1n) is 11.7. The van der Waals surface area contributed by atoms with Gasteiger partial charge in [-0.2, -0.15) is 4.98 Å². The number of rotatable bonds is 8. The third-order valence-electron chi connectivity index (χ3n) is 6.00. The summed E-state index contributed by atoms with van der Waals surface area (Å²) >= 11 is 1.16. The number of nitrogens with one attached hydrogen (secondary N) is 2. The Kier molecular flexibility index (Phi) is 7.83. The molecule has 3 aromatic rings. The van der Waals surface area contributed by atoms with E-state index in [0.29, 0.717) is 17.9 Å². The molecule has 7 N–H and O–H groups in total. The van der Waals surface area contributed by atoms with Gasteiger partial charge in [0.15, 0.2) is 22.5 Å². The number of aliphatic hydroxyl groups is 1. The third-order valence-corrected chi connectivity index (χ3v) is 8.00. The van der Waals surface area contributed by atoms with Crippen LogP contribution in [0.15, 0.2) is 34.2 Å². The van der Waals surface area contributed by atoms with E-state index in [-0.39, 0.29) is 48.1 Å². The smallest absolute Gasteiger partial charge is 0.756 e. The minimum atomic E-state index is -4.61. The van der Waals surface area contributed by atoms with Gasteiger partial charge in [-0.3, -0.25) is 23.7 Å². The molecule has 2 aliphatic heterocycles. The molecule has 16 nitrogen and oxygen atoms in total. The number of hydrogen-bond acceptors (Lipinski definition) is 14. The van der Waals surface area contributed by atoms with E-state index in [9.17, 15) is 34.2 Å². The summed E-state index contributed by atoms with van der Waals surface area (Å²) in [6.07, 6.45) is -4.36. The van der Waals surface area contributed by atoms with Crippen LogP contribution in [-0.2, 0) is 23.1 Å². The Morgan fingerprint density at radius 1 is 1.41 bits per heavy atom. The number of benzene rings is 1. The van der Waals surface area contributed by atoms with Crippen molar-refractivity contribution in [3.63, 3.8) is 0 Å². The quantitative estimate of drug-likeness (QED) is 0.0739. The van der Waals surface area contributed by atoms with Crippen molar-refractivity contribution < 1.29 is 44.6 Å². The van der Waals surface area contributed by atoms with Crippen LogP contribution in [-0.4, -0.2) is 78.4 Å². The number of amides is 1. The summed E-state index contributed by atoms with van der Waals surface area (Å²) in [6.45, 7) is -0.362. The van der Waals surface area contributed by atoms with Gasteiger partial charge in [-0.15, -0.1) is 0 Å². The van der Waals surface area contributed by atoms with Crippen molar-refractivity contribution in [3.05, 3.63) is 34.6 Å². The lowest BCUT2D eigenvalue weighted by Gasteiger charge is -2.34. The second-order valence-electron chi connectivity index (χ2n) is 8.76. The van der Waals surface area contributed by atoms with Gasteiger partial charge in [0.1, 0.15) is 18.3 Å². The Labute approximate surface area is 225 Å². The van der Waals surface area contributed by atoms with Crippen molar-refractivity contribution in [2.24, 2.45) is 0 Å². The largest absolute Gasteiger partial charge is 1.00 e. The summed E-state index contributed by atoms with van der Waals surface area (Å²) < 4.78 is 28.5. The fraction of sp³-hybridized carbons (Fsp3) is 0.400. The number of H-pyrrole nitrogens is 1. The molecule has 1 aromatic carbocycles. The van der Waals surface area contributed by atoms with E-state index in [2.05, 4.69) is 24.8 Å². The number of carbonyl (C=O) groups excluding carboxylic acids is 1. The number of thioether (sulfide) groups is 1. The fourth-order valence-electron chi connectivity index (χ4n) is 4.25. The number of nitrogen functional groups attached to an aromatic ring is 1. The van der Waals surface area contributed by atoms with E-state index in [4.69, 9.17) is 15.0 Å². The SMILES string of the molecule is Nc1nc2c(nc(SCCCC(=O)Nc3cccc(B(O)O)c3)n2[C@@H]2OC3COP(=O)([O-])O[C@H]3C2O)c(=O)[nH]1.[H+]. The zero-order valence-corrected chi connectivity index (χ0v) is 21.7. The zero-order valence-electron chi connectivity index (χ0n) is 21.0. The van der Waals surface area contributed by atoms with Crippen LogP contribution in [0.4, 0.5) is 11.6 Å². The van der Waals surface area contributed by atoms with Gasteiger partial charge >= 0.3 is 8.55 Å². The van der Waals surface area contributed by atoms with Crippen molar-refractivity contribution in [1.82, 2.24) is 19.5 Å². The highest BCUT2D eigenvalue weighted by Crippen LogP contribution is 2.50. The Bertz CT molecular complexity index is 1510. The van der Waals surface area contributed by atoms with Crippen molar-refractivity contribution >= 4 is 60.9 Å². The first kappa shape index (κ1) is 27.8. The minimum absolute atomic E-state index is 0. The highest BCUT2D eigenvalue weighted by Gasteiger charge is 2.51. The summed E-state index contributed by atoms with van der Waals surface area (Å²) in [4.78, 5) is 47.4. The average Bonchev–Trinajstić information content (AvgIpc) is 3.38. The van der Waals surface area contributed by atoms with Gasteiger partial charge in [-0.25, -0.2) is 4.98 Å². The van der Waals surface area contributed by atoms with Gasteiger partial charge in [-0.05, 0) is 24.0 Å². The molecule has 3 unspecified atom stereocenters. The second-order valence-corrected chi connectivity index (χ2v) is 11.2. The van der Waals surface area contributed by atoms with Crippen molar-refractivity contribution in [2.45, 2.75) is 42.5 Å². The molecule has 5 atom stereocenters. The van der Waals surface area contributed by atoms with Crippen LogP contribution in [0, 0.1) is 0 Å². The van der Waals surface area contributed by atoms with E-state index in [0.717, 1.165) is 11.8 Å². The maximum atomic E-state index is 12.5. The number of aromatic amines is 1. The molecule has 5 rings (SSSR count). The Morgan fingerprint density at radius 2 is 2.21 bits per heavy atom. The summed E-state index contributed by atoms with van der Waals surface area (Å²) in [5.74, 6) is -0.157. The van der Waals surface area contributed by atoms with Gasteiger partial charge in [0.25, 0.3) is 13.4 Å². The molecule has 0 spiro atoms. The number of hydrogen-bond donors (Lipinski definition) is 6. The van der Waals surface area contributed by atoms with E-state index >= 15 is 0 Å². The number of ether oxygens (including phenoxy) is 1. The van der Waals surface area contributed by atoms with Crippen LogP contribution in [0.5, 0.6) is 0 Å². The van der Waals surface area contributed by atoms with Crippen molar-refractivity contribution in [2.75, 3.05) is 23.4 Å². The van der Waals surface area contributed by atoms with Crippen LogP contribution in [0.2, 0.25) is 0 Å². The Balaban J connectivity index is 0.00000370. The number of anilines is 2. The standard InChI is InChI=1S/C20H24BN6O10PS/c22-19-25-16-13(17(30)26-19)24-20(27(16)18-14(29)15-11(36-18)8-35-38(33,34)37-15)39-6-2-5-12(28)23-10-4-1-3-9(7-10)21(31)32/h1,3-4,7,11,14-15,18,29,31-32H,2,5-6,8H2,(H,23,28)(H,33,34)(H3,22,25,26,30)/t11?,14?,15-,18-/m1/s1. The number of carbonyl (C=O) groups is 1. The molecule has 1 amide bonds. The van der Waals surface area contributed by atoms with E-state index < -0.39 is 45.0 Å². The van der Waals surface area contributed by atoms with Crippen LogP contribution < -0.4 is 27.0 Å². The first-order valence-corrected chi connectivity index (χ1v) is 14.1. The number of phosphoric acid groups is 1. The molecule has 2 aliphatic rings. The van der Waals surface area contributed by atoms with Gasteiger partial charge in [0.05, 0.1) is 6.61 Å². The van der Waals surface area contributed by atoms with Gasteiger partial charge in [-0.1, -0.05) is 23.9 Å². The summed E-state index contributed by atoms with van der Waals surface area (Å²) in [6, 6.07) is 6.15. The predicted molar refractivity (Wildman–Crippen MR) is 137 cm³/mol. The van der Waals surface area contributed by atoms with E-state index in [1.807, 2.05) is 0 Å². The second kappa shape index (κ2) is 11.0. The summed E-state index contributed by atoms with van der Waals surface area (Å²) in [5.41, 5.74) is 5.67. The van der Waals surface area contributed by atoms with Crippen LogP contribution in [0.3, 0.4) is 0 Å². The molecule has 4 heterocycles. The monoisotopic (exact) mass is 582 g/mol. The van der Waals surface area contributed by atoms with Crippen molar-refractivity contribution in [3.8, 4) is 0 Å². The first-order chi connectivity index (χ1) is 18.5. The fourth-order valence-corrected chi connectivity index (χ4v) is 6.16. The lowest BCUT2D eigenvalue weighted by atomic mass is 9.80. The summed E-state index contributed by atoms with van der Waals surface area (Å²) in [7, 11) is -6.27.